The first-order valence-electron chi connectivity index (χ1n) is 9.97. The molecular formula is C19H43NO5Si2. The van der Waals surface area contributed by atoms with Crippen LogP contribution in [0.4, 0.5) is 0 Å². The highest BCUT2D eigenvalue weighted by molar-refractivity contribution is 6.89. The van der Waals surface area contributed by atoms with Gasteiger partial charge in [-0.3, -0.25) is 0 Å². The van der Waals surface area contributed by atoms with E-state index in [1.54, 1.807) is 6.08 Å². The second-order valence-corrected chi connectivity index (χ2v) is 18.5. The predicted molar refractivity (Wildman–Crippen MR) is 118 cm³/mol. The van der Waals surface area contributed by atoms with E-state index in [0.717, 1.165) is 13.2 Å². The van der Waals surface area contributed by atoms with Crippen molar-refractivity contribution >= 4 is 16.5 Å². The van der Waals surface area contributed by atoms with Gasteiger partial charge in [-0.05, 0) is 0 Å². The Labute approximate surface area is 169 Å². The Morgan fingerprint density at radius 2 is 0.926 bits per heavy atom. The van der Waals surface area contributed by atoms with Gasteiger partial charge in [-0.2, -0.15) is 0 Å². The lowest BCUT2D eigenvalue weighted by Crippen LogP contribution is -2.59. The molecule has 27 heavy (non-hydrogen) atoms. The van der Waals surface area contributed by atoms with Crippen LogP contribution in [0.5, 0.6) is 0 Å². The molecule has 0 radical (unpaired) electrons. The van der Waals surface area contributed by atoms with E-state index in [-0.39, 0.29) is 0 Å². The van der Waals surface area contributed by atoms with Crippen molar-refractivity contribution in [3.8, 4) is 0 Å². The third kappa shape index (κ3) is 16.6. The summed E-state index contributed by atoms with van der Waals surface area (Å²) in [5, 5.41) is 0. The first-order valence-corrected chi connectivity index (χ1v) is 16.9. The zero-order valence-corrected chi connectivity index (χ0v) is 20.6. The van der Waals surface area contributed by atoms with Crippen molar-refractivity contribution < 1.29 is 23.7 Å². The molecular weight excluding hydrogens is 378 g/mol. The predicted octanol–water partition coefficient (Wildman–Crippen LogP) is 3.23. The van der Waals surface area contributed by atoms with Crippen LogP contribution in [0.15, 0.2) is 12.7 Å². The third-order valence-electron chi connectivity index (χ3n) is 3.80. The number of hydrogen-bond acceptors (Lipinski definition) is 6. The summed E-state index contributed by atoms with van der Waals surface area (Å²) in [5.41, 5.74) is 0. The molecule has 0 saturated carbocycles. The topological polar surface area (TPSA) is 49.4 Å². The SMILES string of the molecule is C=CCOCCOCCOCCOCCOCCN([Si](C)(C)C)[Si](C)(C)C. The van der Waals surface area contributed by atoms with Gasteiger partial charge < -0.3 is 27.9 Å². The van der Waals surface area contributed by atoms with Gasteiger partial charge in [0.15, 0.2) is 0 Å². The Morgan fingerprint density at radius 3 is 1.26 bits per heavy atom. The van der Waals surface area contributed by atoms with Crippen molar-refractivity contribution in [1.29, 1.82) is 0 Å². The van der Waals surface area contributed by atoms with E-state index in [4.69, 9.17) is 23.7 Å². The highest BCUT2D eigenvalue weighted by Crippen LogP contribution is 2.18. The molecule has 0 aromatic heterocycles. The standard InChI is InChI=1S/C19H43NO5Si2/c1-8-10-21-12-14-23-16-18-25-19-17-24-15-13-22-11-9-20(26(2,3)4)27(5,6)7/h8H,1,9-19H2,2-7H3. The Hall–Kier alpha value is -0.0662. The smallest absolute Gasteiger partial charge is 0.112 e. The highest BCUT2D eigenvalue weighted by atomic mass is 28.4. The fourth-order valence-electron chi connectivity index (χ4n) is 2.88. The third-order valence-corrected chi connectivity index (χ3v) is 11.5. The first kappa shape index (κ1) is 26.9. The highest BCUT2D eigenvalue weighted by Gasteiger charge is 2.33. The maximum Gasteiger partial charge on any atom is 0.112 e. The molecule has 0 aliphatic heterocycles. The van der Waals surface area contributed by atoms with Gasteiger partial charge in [-0.25, -0.2) is 0 Å². The van der Waals surface area contributed by atoms with Gasteiger partial charge in [0.25, 0.3) is 0 Å². The van der Waals surface area contributed by atoms with E-state index < -0.39 is 16.5 Å². The van der Waals surface area contributed by atoms with Gasteiger partial charge in [0.2, 0.25) is 0 Å². The summed E-state index contributed by atoms with van der Waals surface area (Å²) >= 11 is 0. The number of hydrogen-bond donors (Lipinski definition) is 0. The lowest BCUT2D eigenvalue weighted by molar-refractivity contribution is -0.00946. The Morgan fingerprint density at radius 1 is 0.593 bits per heavy atom. The van der Waals surface area contributed by atoms with Crippen LogP contribution < -0.4 is 0 Å². The van der Waals surface area contributed by atoms with Gasteiger partial charge in [0.1, 0.15) is 16.5 Å². The molecule has 0 aliphatic carbocycles. The molecule has 0 aliphatic rings. The lowest BCUT2D eigenvalue weighted by Gasteiger charge is -2.43. The van der Waals surface area contributed by atoms with E-state index in [0.29, 0.717) is 59.5 Å². The average molecular weight is 422 g/mol. The summed E-state index contributed by atoms with van der Waals surface area (Å²) in [6, 6.07) is 0. The zero-order chi connectivity index (χ0) is 20.6. The second-order valence-electron chi connectivity index (χ2n) is 8.31. The summed E-state index contributed by atoms with van der Waals surface area (Å²) in [6.45, 7) is 25.2. The van der Waals surface area contributed by atoms with E-state index in [9.17, 15) is 0 Å². The lowest BCUT2D eigenvalue weighted by atomic mass is 10.6. The minimum atomic E-state index is -1.28. The Bertz CT molecular complexity index is 345. The Kier molecular flexibility index (Phi) is 15.8. The molecule has 0 aromatic rings. The van der Waals surface area contributed by atoms with E-state index in [1.165, 1.54) is 0 Å². The maximum absolute atomic E-state index is 5.75. The quantitative estimate of drug-likeness (QED) is 0.181. The van der Waals surface area contributed by atoms with Crippen LogP contribution in [-0.4, -0.2) is 93.3 Å². The molecule has 0 aromatic carbocycles. The van der Waals surface area contributed by atoms with Crippen LogP contribution in [0.3, 0.4) is 0 Å². The number of nitrogens with zero attached hydrogens (tertiary/aromatic N) is 1. The minimum absolute atomic E-state index is 0.565. The van der Waals surface area contributed by atoms with Crippen molar-refractivity contribution in [2.75, 3.05) is 72.6 Å². The van der Waals surface area contributed by atoms with Crippen molar-refractivity contribution in [2.45, 2.75) is 39.3 Å². The van der Waals surface area contributed by atoms with Crippen LogP contribution in [0.25, 0.3) is 0 Å². The van der Waals surface area contributed by atoms with Gasteiger partial charge >= 0.3 is 0 Å². The molecule has 0 bridgehead atoms. The molecule has 0 heterocycles. The molecule has 0 atom stereocenters. The summed E-state index contributed by atoms with van der Waals surface area (Å²) in [7, 11) is -2.57. The largest absolute Gasteiger partial charge is 0.378 e. The maximum atomic E-state index is 5.75. The Balaban J connectivity index is 3.41. The van der Waals surface area contributed by atoms with Crippen LogP contribution in [0.1, 0.15) is 0 Å². The van der Waals surface area contributed by atoms with Crippen molar-refractivity contribution in [3.63, 3.8) is 0 Å². The summed E-state index contributed by atoms with van der Waals surface area (Å²) in [6.07, 6.45) is 1.73. The normalized spacial score (nSPS) is 12.7. The molecule has 0 N–H and O–H groups in total. The molecule has 6 nitrogen and oxygen atoms in total. The van der Waals surface area contributed by atoms with Gasteiger partial charge in [-0.15, -0.1) is 6.58 Å². The molecule has 162 valence electrons. The second kappa shape index (κ2) is 15.8. The molecule has 0 rings (SSSR count). The zero-order valence-electron chi connectivity index (χ0n) is 18.6. The van der Waals surface area contributed by atoms with Crippen LogP contribution >= 0.6 is 0 Å². The number of rotatable bonds is 19. The van der Waals surface area contributed by atoms with Gasteiger partial charge in [0.05, 0.1) is 66.1 Å². The summed E-state index contributed by atoms with van der Waals surface area (Å²) < 4.78 is 30.1. The van der Waals surface area contributed by atoms with Gasteiger partial charge in [0, 0.05) is 6.54 Å². The van der Waals surface area contributed by atoms with Crippen LogP contribution in [-0.2, 0) is 23.7 Å². The summed E-state index contributed by atoms with van der Waals surface area (Å²) in [5.74, 6) is 0. The molecule has 0 spiro atoms. The average Bonchev–Trinajstić information content (AvgIpc) is 2.55. The molecule has 0 unspecified atom stereocenters. The van der Waals surface area contributed by atoms with E-state index >= 15 is 0 Å². The van der Waals surface area contributed by atoms with Gasteiger partial charge in [-0.1, -0.05) is 45.4 Å². The number of ether oxygens (including phenoxy) is 5. The monoisotopic (exact) mass is 421 g/mol. The fourth-order valence-corrected chi connectivity index (χ4v) is 12.5. The summed E-state index contributed by atoms with van der Waals surface area (Å²) in [4.78, 5) is 0. The fraction of sp³-hybridized carbons (Fsp3) is 0.895. The van der Waals surface area contributed by atoms with Crippen LogP contribution in [0, 0.1) is 0 Å². The molecule has 8 heteroatoms. The molecule has 0 amide bonds. The first-order chi connectivity index (χ1) is 12.7. The molecule has 0 saturated heterocycles. The molecule has 0 fully saturated rings. The minimum Gasteiger partial charge on any atom is -0.378 e. The van der Waals surface area contributed by atoms with Crippen molar-refractivity contribution in [2.24, 2.45) is 0 Å². The van der Waals surface area contributed by atoms with E-state index in [1.807, 2.05) is 0 Å². The van der Waals surface area contributed by atoms with Crippen molar-refractivity contribution in [1.82, 2.24) is 4.23 Å². The van der Waals surface area contributed by atoms with Crippen LogP contribution in [0.2, 0.25) is 39.3 Å². The van der Waals surface area contributed by atoms with Crippen molar-refractivity contribution in [3.05, 3.63) is 12.7 Å². The van der Waals surface area contributed by atoms with E-state index in [2.05, 4.69) is 50.1 Å².